The van der Waals surface area contributed by atoms with Crippen LogP contribution in [0.3, 0.4) is 0 Å². The first-order chi connectivity index (χ1) is 16.2. The van der Waals surface area contributed by atoms with E-state index in [-0.39, 0.29) is 20.1 Å². The predicted molar refractivity (Wildman–Crippen MR) is 152 cm³/mol. The van der Waals surface area contributed by atoms with Crippen molar-refractivity contribution in [1.29, 1.82) is 0 Å². The molecule has 0 aromatic rings. The molecular weight excluding hydrogens is 558 g/mol. The predicted octanol–water partition coefficient (Wildman–Crippen LogP) is 2.03. The van der Waals surface area contributed by atoms with Crippen molar-refractivity contribution in [3.05, 3.63) is 0 Å². The summed E-state index contributed by atoms with van der Waals surface area (Å²) in [6.45, 7) is 13.5. The van der Waals surface area contributed by atoms with Crippen molar-refractivity contribution in [1.82, 2.24) is 10.6 Å². The minimum Gasteiger partial charge on any atom is -0.357 e. The zero-order chi connectivity index (χ0) is 29.8. The highest BCUT2D eigenvalue weighted by Gasteiger charge is 2.26. The Balaban J connectivity index is 0. The van der Waals surface area contributed by atoms with E-state index >= 15 is 0 Å². The van der Waals surface area contributed by atoms with Crippen molar-refractivity contribution in [2.24, 2.45) is 0 Å². The monoisotopic (exact) mass is 612 g/mol. The first-order valence-corrected chi connectivity index (χ1v) is 22.4. The van der Waals surface area contributed by atoms with E-state index in [4.69, 9.17) is 13.6 Å². The van der Waals surface area contributed by atoms with Crippen LogP contribution in [-0.2, 0) is 32.0 Å². The van der Waals surface area contributed by atoms with Gasteiger partial charge in [-0.1, -0.05) is 39.3 Å². The van der Waals surface area contributed by atoms with E-state index in [1.807, 2.05) is 21.1 Å². The Bertz CT molecular complexity index is 765. The Hall–Kier alpha value is 0.00377. The molecule has 0 saturated carbocycles. The average Bonchev–Trinajstić information content (AvgIpc) is 2.66. The molecule has 13 nitrogen and oxygen atoms in total. The molecule has 224 valence electrons. The van der Waals surface area contributed by atoms with E-state index < -0.39 is 44.3 Å². The minimum absolute atomic E-state index is 0.0182. The third-order valence-electron chi connectivity index (χ3n) is 3.58. The van der Waals surface area contributed by atoms with Crippen LogP contribution < -0.4 is 10.6 Å². The van der Waals surface area contributed by atoms with Crippen LogP contribution in [0.5, 0.6) is 0 Å². The largest absolute Gasteiger partial charge is 0.477 e. The number of carbonyl (C=O) groups is 1. The molecule has 0 aromatic heterocycles. The van der Waals surface area contributed by atoms with Gasteiger partial charge in [-0.2, -0.15) is 0 Å². The molecule has 2 unspecified atom stereocenters. The summed E-state index contributed by atoms with van der Waals surface area (Å²) in [6, 6.07) is 0. The third kappa shape index (κ3) is 32.1. The molecule has 0 saturated heterocycles. The van der Waals surface area contributed by atoms with Gasteiger partial charge < -0.3 is 29.4 Å². The summed E-state index contributed by atoms with van der Waals surface area (Å²) in [4.78, 5) is 30.2. The molecule has 0 aromatic carbocycles. The summed E-state index contributed by atoms with van der Waals surface area (Å²) in [5.41, 5.74) is 0. The highest BCUT2D eigenvalue weighted by Crippen LogP contribution is 2.43. The molecule has 37 heavy (non-hydrogen) atoms. The van der Waals surface area contributed by atoms with Gasteiger partial charge in [0.1, 0.15) is 6.61 Å². The first kappa shape index (κ1) is 39.1. The first-order valence-electron chi connectivity index (χ1n) is 12.0. The van der Waals surface area contributed by atoms with Crippen molar-refractivity contribution in [2.45, 2.75) is 39.3 Å². The molecule has 4 N–H and O–H groups in total. The molecule has 0 aliphatic heterocycles. The van der Waals surface area contributed by atoms with Crippen LogP contribution in [0.1, 0.15) is 0 Å². The Kier molecular flexibility index (Phi) is 17.3. The van der Waals surface area contributed by atoms with E-state index in [1.165, 1.54) is 0 Å². The Morgan fingerprint density at radius 3 is 1.51 bits per heavy atom. The van der Waals surface area contributed by atoms with Crippen LogP contribution in [0.15, 0.2) is 0 Å². The van der Waals surface area contributed by atoms with Gasteiger partial charge in [-0.3, -0.25) is 13.8 Å². The van der Waals surface area contributed by atoms with Crippen molar-refractivity contribution in [3.63, 3.8) is 0 Å². The van der Waals surface area contributed by atoms with Crippen molar-refractivity contribution in [2.75, 3.05) is 87.8 Å². The smallest absolute Gasteiger partial charge is 0.357 e. The summed E-state index contributed by atoms with van der Waals surface area (Å²) < 4.78 is 43.0. The van der Waals surface area contributed by atoms with Gasteiger partial charge in [0.05, 0.1) is 65.0 Å². The SMILES string of the molecule is C[N+](C)(C)COP(=O)(O)OCC(=O)NC[Si](C)(C)C.C[N+](C)(C)COP(=O)(O)OCCNC[Si](C)(C)C. The van der Waals surface area contributed by atoms with Crippen molar-refractivity contribution >= 4 is 37.7 Å². The highest BCUT2D eigenvalue weighted by atomic mass is 31.2. The maximum absolute atomic E-state index is 11.5. The zero-order valence-electron chi connectivity index (χ0n) is 25.0. The number of phosphoric ester groups is 2. The minimum atomic E-state index is -4.17. The second-order valence-electron chi connectivity index (χ2n) is 13.2. The Morgan fingerprint density at radius 1 is 0.730 bits per heavy atom. The number of quaternary nitrogens is 2. The lowest BCUT2D eigenvalue weighted by atomic mass is 10.7. The molecule has 2 atom stereocenters. The van der Waals surface area contributed by atoms with E-state index in [0.717, 1.165) is 6.17 Å². The fraction of sp³-hybridized carbons (Fsp3) is 0.950. The molecule has 1 amide bonds. The lowest BCUT2D eigenvalue weighted by Crippen LogP contribution is -2.41. The van der Waals surface area contributed by atoms with Gasteiger partial charge in [0.2, 0.25) is 5.91 Å². The second kappa shape index (κ2) is 16.3. The van der Waals surface area contributed by atoms with Gasteiger partial charge in [-0.15, -0.1) is 0 Å². The van der Waals surface area contributed by atoms with Gasteiger partial charge in [0.15, 0.2) is 13.5 Å². The van der Waals surface area contributed by atoms with Crippen LogP contribution >= 0.6 is 15.6 Å². The summed E-state index contributed by atoms with van der Waals surface area (Å²) in [6.07, 6.45) is 1.57. The van der Waals surface area contributed by atoms with Gasteiger partial charge in [-0.25, -0.2) is 18.2 Å². The number of phosphoric acid groups is 2. The molecule has 0 aliphatic carbocycles. The van der Waals surface area contributed by atoms with Gasteiger partial charge in [0, 0.05) is 12.7 Å². The molecule has 0 aliphatic rings. The number of nitrogens with zero attached hydrogens (tertiary/aromatic N) is 2. The Labute approximate surface area is 226 Å². The van der Waals surface area contributed by atoms with Crippen LogP contribution in [0.2, 0.25) is 39.3 Å². The molecule has 0 rings (SSSR count). The van der Waals surface area contributed by atoms with Crippen LogP contribution in [0.4, 0.5) is 0 Å². The fourth-order valence-corrected chi connectivity index (χ4v) is 5.21. The maximum Gasteiger partial charge on any atom is 0.477 e. The summed E-state index contributed by atoms with van der Waals surface area (Å²) in [7, 11) is 0.431. The molecule has 0 fully saturated rings. The van der Waals surface area contributed by atoms with E-state index in [0.29, 0.717) is 21.7 Å². The number of nitrogens with one attached hydrogen (secondary N) is 2. The molecular formula is C20H54N4O9P2Si2+2. The number of carbonyl (C=O) groups excluding carboxylic acids is 1. The standard InChI is InChI=1S/C10H25N2O5PSi.C10H27N2O4PSi/c1-12(2,3)9-17-18(14,15)16-7-10(13)11-8-19(4,5)6;1-12(2,3)10-16-17(13,14)15-8-7-11-9-18(4,5)6/h7-9H2,1-6H3,(H-,11,13,14,15);11H,7-10H2,1-6H3/p+2. The molecule has 0 spiro atoms. The normalized spacial score (nSPS) is 16.3. The molecule has 0 radical (unpaired) electrons. The number of rotatable bonds is 17. The van der Waals surface area contributed by atoms with Crippen LogP contribution in [-0.4, -0.2) is 129 Å². The van der Waals surface area contributed by atoms with Crippen LogP contribution in [0.25, 0.3) is 0 Å². The summed E-state index contributed by atoms with van der Waals surface area (Å²) in [5, 5.41) is 5.89. The fourth-order valence-electron chi connectivity index (χ4n) is 1.82. The molecule has 0 heterocycles. The highest BCUT2D eigenvalue weighted by molar-refractivity contribution is 7.47. The lowest BCUT2D eigenvalue weighted by molar-refractivity contribution is -0.887. The van der Waals surface area contributed by atoms with E-state index in [9.17, 15) is 23.7 Å². The van der Waals surface area contributed by atoms with Crippen molar-refractivity contribution < 1.29 is 50.8 Å². The van der Waals surface area contributed by atoms with E-state index in [1.54, 1.807) is 21.1 Å². The summed E-state index contributed by atoms with van der Waals surface area (Å²) in [5.74, 6) is -0.412. The number of hydrogen-bond acceptors (Lipinski definition) is 8. The quantitative estimate of drug-likeness (QED) is 0.0631. The van der Waals surface area contributed by atoms with Gasteiger partial charge in [0.25, 0.3) is 0 Å². The van der Waals surface area contributed by atoms with Gasteiger partial charge >= 0.3 is 15.6 Å². The van der Waals surface area contributed by atoms with Crippen LogP contribution in [0, 0.1) is 0 Å². The summed E-state index contributed by atoms with van der Waals surface area (Å²) >= 11 is 0. The lowest BCUT2D eigenvalue weighted by Gasteiger charge is -2.24. The van der Waals surface area contributed by atoms with Gasteiger partial charge in [-0.05, 0) is 6.17 Å². The third-order valence-corrected chi connectivity index (χ3v) is 7.98. The average molecular weight is 613 g/mol. The van der Waals surface area contributed by atoms with E-state index in [2.05, 4.69) is 54.4 Å². The zero-order valence-corrected chi connectivity index (χ0v) is 28.8. The number of hydrogen-bond donors (Lipinski definition) is 4. The molecule has 17 heteroatoms. The Morgan fingerprint density at radius 2 is 1.14 bits per heavy atom. The van der Waals surface area contributed by atoms with Crippen molar-refractivity contribution in [3.8, 4) is 0 Å². The topological polar surface area (TPSA) is 153 Å². The molecule has 0 bridgehead atoms. The second-order valence-corrected chi connectivity index (χ2v) is 27.1. The maximum atomic E-state index is 11.5. The number of amides is 1.